The van der Waals surface area contributed by atoms with E-state index in [1.807, 2.05) is 0 Å². The average Bonchev–Trinajstić information content (AvgIpc) is 2.41. The van der Waals surface area contributed by atoms with Gasteiger partial charge in [0.2, 0.25) is 0 Å². The minimum Gasteiger partial charge on any atom is -0.0840 e. The predicted molar refractivity (Wildman–Crippen MR) is 88.4 cm³/mol. The van der Waals surface area contributed by atoms with E-state index in [1.54, 1.807) is 0 Å². The Balaban J connectivity index is 1.95. The maximum Gasteiger partial charge on any atom is 0.0452 e. The van der Waals surface area contributed by atoms with Crippen LogP contribution in [0.1, 0.15) is 66.5 Å². The van der Waals surface area contributed by atoms with Gasteiger partial charge in [0, 0.05) is 9.85 Å². The van der Waals surface area contributed by atoms with E-state index < -0.39 is 0 Å². The molecule has 1 saturated carbocycles. The molecule has 0 radical (unpaired) electrons. The van der Waals surface area contributed by atoms with E-state index in [2.05, 4.69) is 41.9 Å². The number of halogens is 2. The highest BCUT2D eigenvalue weighted by atomic mass is 79.9. The highest BCUT2D eigenvalue weighted by Gasteiger charge is 2.17. The van der Waals surface area contributed by atoms with Crippen LogP contribution in [-0.2, 0) is 0 Å². The van der Waals surface area contributed by atoms with Crippen molar-refractivity contribution in [3.05, 3.63) is 33.8 Å². The molecule has 0 N–H and O–H groups in total. The van der Waals surface area contributed by atoms with Crippen molar-refractivity contribution >= 4 is 27.5 Å². The smallest absolute Gasteiger partial charge is 0.0452 e. The molecule has 0 spiro atoms. The summed E-state index contributed by atoms with van der Waals surface area (Å²) in [7, 11) is 0. The van der Waals surface area contributed by atoms with E-state index in [1.165, 1.54) is 61.6 Å². The van der Waals surface area contributed by atoms with Crippen molar-refractivity contribution in [2.45, 2.75) is 63.6 Å². The Hall–Kier alpha value is -0.0100. The number of benzene rings is 1. The standard InChI is InChI=1S/C17H24BrCl/c1-12-10-15(17(19)11-13(12)2)16(18)9-8-14-6-4-3-5-7-14/h10-11,14,16H,3-9H2,1-2H3. The van der Waals surface area contributed by atoms with Gasteiger partial charge in [-0.3, -0.25) is 0 Å². The molecule has 0 saturated heterocycles. The third kappa shape index (κ3) is 4.23. The summed E-state index contributed by atoms with van der Waals surface area (Å²) >= 11 is 10.2. The summed E-state index contributed by atoms with van der Waals surface area (Å²) in [5.41, 5.74) is 3.88. The lowest BCUT2D eigenvalue weighted by Gasteiger charge is -2.23. The van der Waals surface area contributed by atoms with Crippen LogP contribution < -0.4 is 0 Å². The fourth-order valence-corrected chi connectivity index (χ4v) is 4.18. The molecular formula is C17H24BrCl. The van der Waals surface area contributed by atoms with E-state index in [4.69, 9.17) is 11.6 Å². The first-order valence-corrected chi connectivity index (χ1v) is 8.78. The van der Waals surface area contributed by atoms with Gasteiger partial charge in [0.1, 0.15) is 0 Å². The largest absolute Gasteiger partial charge is 0.0840 e. The topological polar surface area (TPSA) is 0 Å². The lowest BCUT2D eigenvalue weighted by molar-refractivity contribution is 0.332. The van der Waals surface area contributed by atoms with Crippen LogP contribution in [0, 0.1) is 19.8 Å². The van der Waals surface area contributed by atoms with Crippen molar-refractivity contribution in [1.29, 1.82) is 0 Å². The molecule has 0 aliphatic heterocycles. The summed E-state index contributed by atoms with van der Waals surface area (Å²) in [6, 6.07) is 4.35. The summed E-state index contributed by atoms with van der Waals surface area (Å²) in [5, 5.41) is 0.911. The van der Waals surface area contributed by atoms with Gasteiger partial charge in [-0.1, -0.05) is 65.7 Å². The second kappa shape index (κ2) is 7.13. The van der Waals surface area contributed by atoms with Crippen LogP contribution in [0.15, 0.2) is 12.1 Å². The first-order valence-electron chi connectivity index (χ1n) is 7.48. The van der Waals surface area contributed by atoms with Gasteiger partial charge in [0.25, 0.3) is 0 Å². The van der Waals surface area contributed by atoms with Gasteiger partial charge in [0.05, 0.1) is 0 Å². The average molecular weight is 344 g/mol. The zero-order valence-corrected chi connectivity index (χ0v) is 14.4. The number of hydrogen-bond donors (Lipinski definition) is 0. The van der Waals surface area contributed by atoms with E-state index in [0.29, 0.717) is 4.83 Å². The predicted octanol–water partition coefficient (Wildman–Crippen LogP) is 6.75. The van der Waals surface area contributed by atoms with Crippen LogP contribution in [0.2, 0.25) is 5.02 Å². The third-order valence-corrected chi connectivity index (χ3v) is 5.78. The molecular weight excluding hydrogens is 320 g/mol. The lowest BCUT2D eigenvalue weighted by Crippen LogP contribution is -2.07. The van der Waals surface area contributed by atoms with E-state index in [-0.39, 0.29) is 0 Å². The molecule has 0 amide bonds. The van der Waals surface area contributed by atoms with Crippen molar-refractivity contribution in [3.8, 4) is 0 Å². The number of hydrogen-bond acceptors (Lipinski definition) is 0. The summed E-state index contributed by atoms with van der Waals surface area (Å²) in [6.45, 7) is 4.28. The van der Waals surface area contributed by atoms with Crippen LogP contribution >= 0.6 is 27.5 Å². The minimum atomic E-state index is 0.404. The molecule has 19 heavy (non-hydrogen) atoms. The summed E-state index contributed by atoms with van der Waals surface area (Å²) in [4.78, 5) is 0.404. The normalized spacial score (nSPS) is 18.5. The van der Waals surface area contributed by atoms with Crippen LogP contribution in [0.4, 0.5) is 0 Å². The Kier molecular flexibility index (Phi) is 5.77. The van der Waals surface area contributed by atoms with E-state index in [0.717, 1.165) is 10.9 Å². The molecule has 1 atom stereocenters. The molecule has 0 nitrogen and oxygen atoms in total. The molecule has 1 aromatic rings. The highest BCUT2D eigenvalue weighted by Crippen LogP contribution is 2.37. The minimum absolute atomic E-state index is 0.404. The second-order valence-corrected chi connectivity index (χ2v) is 7.52. The van der Waals surface area contributed by atoms with Crippen LogP contribution in [-0.4, -0.2) is 0 Å². The van der Waals surface area contributed by atoms with Gasteiger partial charge >= 0.3 is 0 Å². The molecule has 1 unspecified atom stereocenters. The zero-order valence-electron chi connectivity index (χ0n) is 12.0. The fourth-order valence-electron chi connectivity index (χ4n) is 3.06. The van der Waals surface area contributed by atoms with Gasteiger partial charge < -0.3 is 0 Å². The molecule has 0 bridgehead atoms. The zero-order chi connectivity index (χ0) is 13.8. The molecule has 1 aliphatic carbocycles. The SMILES string of the molecule is Cc1cc(Cl)c(C(Br)CCC2CCCCC2)cc1C. The first-order chi connectivity index (χ1) is 9.08. The van der Waals surface area contributed by atoms with Crippen molar-refractivity contribution in [3.63, 3.8) is 0 Å². The van der Waals surface area contributed by atoms with Crippen LogP contribution in [0.3, 0.4) is 0 Å². The molecule has 2 rings (SSSR count). The van der Waals surface area contributed by atoms with Gasteiger partial charge in [-0.05, 0) is 55.4 Å². The molecule has 1 aromatic carbocycles. The van der Waals surface area contributed by atoms with Crippen LogP contribution in [0.25, 0.3) is 0 Å². The van der Waals surface area contributed by atoms with Crippen molar-refractivity contribution in [2.24, 2.45) is 5.92 Å². The van der Waals surface area contributed by atoms with Crippen molar-refractivity contribution in [1.82, 2.24) is 0 Å². The number of aryl methyl sites for hydroxylation is 2. The van der Waals surface area contributed by atoms with E-state index >= 15 is 0 Å². The summed E-state index contributed by atoms with van der Waals surface area (Å²) < 4.78 is 0. The lowest BCUT2D eigenvalue weighted by atomic mass is 9.85. The molecule has 106 valence electrons. The second-order valence-electron chi connectivity index (χ2n) is 6.01. The van der Waals surface area contributed by atoms with Gasteiger partial charge in [-0.25, -0.2) is 0 Å². The molecule has 1 aliphatic rings. The molecule has 2 heteroatoms. The summed E-state index contributed by atoms with van der Waals surface area (Å²) in [5.74, 6) is 0.944. The maximum atomic E-state index is 6.39. The Morgan fingerprint density at radius 2 is 1.79 bits per heavy atom. The van der Waals surface area contributed by atoms with Crippen molar-refractivity contribution < 1.29 is 0 Å². The molecule has 0 aromatic heterocycles. The maximum absolute atomic E-state index is 6.39. The van der Waals surface area contributed by atoms with Gasteiger partial charge in [-0.2, -0.15) is 0 Å². The summed E-state index contributed by atoms with van der Waals surface area (Å²) in [6.07, 6.45) is 9.70. The Morgan fingerprint density at radius 1 is 1.16 bits per heavy atom. The Labute approximate surface area is 131 Å². The third-order valence-electron chi connectivity index (χ3n) is 4.50. The Morgan fingerprint density at radius 3 is 2.47 bits per heavy atom. The monoisotopic (exact) mass is 342 g/mol. The fraction of sp³-hybridized carbons (Fsp3) is 0.647. The highest BCUT2D eigenvalue weighted by molar-refractivity contribution is 9.09. The van der Waals surface area contributed by atoms with Gasteiger partial charge in [-0.15, -0.1) is 0 Å². The van der Waals surface area contributed by atoms with Crippen LogP contribution in [0.5, 0.6) is 0 Å². The Bertz CT molecular complexity index is 422. The van der Waals surface area contributed by atoms with Crippen molar-refractivity contribution in [2.75, 3.05) is 0 Å². The number of alkyl halides is 1. The van der Waals surface area contributed by atoms with E-state index in [9.17, 15) is 0 Å². The molecule has 0 heterocycles. The molecule has 1 fully saturated rings. The first kappa shape index (κ1) is 15.4. The number of rotatable bonds is 4. The quantitative estimate of drug-likeness (QED) is 0.530. The van der Waals surface area contributed by atoms with Gasteiger partial charge in [0.15, 0.2) is 0 Å².